The highest BCUT2D eigenvalue weighted by molar-refractivity contribution is 7.53. The predicted octanol–water partition coefficient (Wildman–Crippen LogP) is 3.61. The molecular weight excluding hydrogens is 199 g/mol. The van der Waals surface area contributed by atoms with Crippen molar-refractivity contribution in [2.45, 2.75) is 33.6 Å². The van der Waals surface area contributed by atoms with Gasteiger partial charge in [0.25, 0.3) is 0 Å². The van der Waals surface area contributed by atoms with Gasteiger partial charge in [0.2, 0.25) is 0 Å². The van der Waals surface area contributed by atoms with Crippen LogP contribution in [0.25, 0.3) is 0 Å². The van der Waals surface area contributed by atoms with E-state index in [-0.39, 0.29) is 0 Å². The van der Waals surface area contributed by atoms with Crippen molar-refractivity contribution in [3.63, 3.8) is 0 Å². The molecule has 0 amide bonds. The third kappa shape index (κ3) is 6.36. The lowest BCUT2D eigenvalue weighted by molar-refractivity contribution is 0.220. The second kappa shape index (κ2) is 8.22. The van der Waals surface area contributed by atoms with Gasteiger partial charge in [0.05, 0.1) is 19.4 Å². The minimum absolute atomic E-state index is 0.439. The molecule has 0 saturated carbocycles. The van der Waals surface area contributed by atoms with Gasteiger partial charge in [0.1, 0.15) is 0 Å². The van der Waals surface area contributed by atoms with Gasteiger partial charge in [-0.05, 0) is 26.7 Å². The fourth-order valence-electron chi connectivity index (χ4n) is 1.08. The van der Waals surface area contributed by atoms with Crippen LogP contribution in [0, 0.1) is 0 Å². The Morgan fingerprint density at radius 1 is 1.07 bits per heavy atom. The highest BCUT2D eigenvalue weighted by Gasteiger charge is 2.21. The zero-order valence-electron chi connectivity index (χ0n) is 9.36. The second-order valence-corrected chi connectivity index (χ2v) is 5.02. The highest BCUT2D eigenvalue weighted by atomic mass is 31.2. The minimum Gasteiger partial charge on any atom is -0.309 e. The maximum absolute atomic E-state index is 11.9. The normalized spacial score (nSPS) is 12.5. The molecule has 0 aliphatic rings. The molecule has 14 heavy (non-hydrogen) atoms. The van der Waals surface area contributed by atoms with Gasteiger partial charge in [-0.25, -0.2) is 0 Å². The molecule has 0 fully saturated rings. The summed E-state index contributed by atoms with van der Waals surface area (Å²) in [7, 11) is -2.81. The summed E-state index contributed by atoms with van der Waals surface area (Å²) in [6.07, 6.45) is 6.32. The number of hydrogen-bond donors (Lipinski definition) is 0. The molecule has 0 saturated heterocycles. The lowest BCUT2D eigenvalue weighted by Gasteiger charge is -2.15. The van der Waals surface area contributed by atoms with E-state index >= 15 is 0 Å². The van der Waals surface area contributed by atoms with E-state index < -0.39 is 7.60 Å². The van der Waals surface area contributed by atoms with Crippen LogP contribution in [-0.2, 0) is 13.6 Å². The van der Waals surface area contributed by atoms with Crippen molar-refractivity contribution in [1.82, 2.24) is 0 Å². The van der Waals surface area contributed by atoms with Crippen LogP contribution < -0.4 is 0 Å². The van der Waals surface area contributed by atoms with Gasteiger partial charge in [-0.3, -0.25) is 4.57 Å². The molecule has 84 valence electrons. The van der Waals surface area contributed by atoms with Crippen molar-refractivity contribution in [2.24, 2.45) is 0 Å². The molecule has 0 spiro atoms. The summed E-state index contributed by atoms with van der Waals surface area (Å²) in [5.41, 5.74) is 0. The van der Waals surface area contributed by atoms with Crippen molar-refractivity contribution in [1.29, 1.82) is 0 Å². The summed E-state index contributed by atoms with van der Waals surface area (Å²) >= 11 is 0. The maximum Gasteiger partial charge on any atom is 0.330 e. The Labute approximate surface area is 87.0 Å². The molecule has 0 aliphatic heterocycles. The number of allylic oxidation sites excluding steroid dienone is 2. The molecule has 0 atom stereocenters. The first-order chi connectivity index (χ1) is 6.68. The van der Waals surface area contributed by atoms with Crippen molar-refractivity contribution in [3.05, 3.63) is 12.2 Å². The Hall–Kier alpha value is -0.110. The van der Waals surface area contributed by atoms with Gasteiger partial charge in [0.15, 0.2) is 0 Å². The molecular formula is C10H21O3P. The quantitative estimate of drug-likeness (QED) is 0.463. The highest BCUT2D eigenvalue weighted by Crippen LogP contribution is 2.48. The molecule has 0 unspecified atom stereocenters. The van der Waals surface area contributed by atoms with E-state index in [1.165, 1.54) is 0 Å². The molecule has 0 N–H and O–H groups in total. The molecule has 0 aliphatic carbocycles. The van der Waals surface area contributed by atoms with Crippen LogP contribution in [0.2, 0.25) is 0 Å². The van der Waals surface area contributed by atoms with Crippen LogP contribution in [0.3, 0.4) is 0 Å². The van der Waals surface area contributed by atoms with Crippen LogP contribution in [0.15, 0.2) is 12.2 Å². The summed E-state index contributed by atoms with van der Waals surface area (Å²) in [6, 6.07) is 0. The van der Waals surface area contributed by atoms with Crippen molar-refractivity contribution >= 4 is 7.60 Å². The monoisotopic (exact) mass is 220 g/mol. The van der Waals surface area contributed by atoms with Gasteiger partial charge >= 0.3 is 7.60 Å². The summed E-state index contributed by atoms with van der Waals surface area (Å²) in [5, 5.41) is 0. The Morgan fingerprint density at radius 2 is 1.64 bits per heavy atom. The van der Waals surface area contributed by atoms with E-state index in [1.807, 2.05) is 19.9 Å². The molecule has 0 aromatic carbocycles. The molecule has 0 rings (SSSR count). The van der Waals surface area contributed by atoms with Crippen LogP contribution in [0.5, 0.6) is 0 Å². The standard InChI is InChI=1S/C10H21O3P/c1-4-7-8-9-10-14(11,12-5-2)13-6-3/h7-8H,4-6,9-10H2,1-3H3/b8-7-. The van der Waals surface area contributed by atoms with Gasteiger partial charge in [-0.15, -0.1) is 0 Å². The molecule has 0 radical (unpaired) electrons. The second-order valence-electron chi connectivity index (χ2n) is 2.84. The van der Waals surface area contributed by atoms with Gasteiger partial charge in [-0.1, -0.05) is 19.1 Å². The fraction of sp³-hybridized carbons (Fsp3) is 0.800. The molecule has 0 aromatic rings. The Kier molecular flexibility index (Phi) is 8.15. The lowest BCUT2D eigenvalue weighted by Crippen LogP contribution is -1.99. The van der Waals surface area contributed by atoms with E-state index in [0.29, 0.717) is 19.4 Å². The van der Waals surface area contributed by atoms with Gasteiger partial charge in [-0.2, -0.15) is 0 Å². The zero-order valence-corrected chi connectivity index (χ0v) is 10.3. The van der Waals surface area contributed by atoms with Crippen molar-refractivity contribution < 1.29 is 13.6 Å². The fourth-order valence-corrected chi connectivity index (χ4v) is 2.66. The molecule has 3 nitrogen and oxygen atoms in total. The van der Waals surface area contributed by atoms with E-state index in [4.69, 9.17) is 9.05 Å². The van der Waals surface area contributed by atoms with Crippen LogP contribution in [0.1, 0.15) is 33.6 Å². The maximum atomic E-state index is 11.9. The number of hydrogen-bond acceptors (Lipinski definition) is 3. The lowest BCUT2D eigenvalue weighted by atomic mass is 10.4. The van der Waals surface area contributed by atoms with E-state index in [2.05, 4.69) is 13.0 Å². The predicted molar refractivity (Wildman–Crippen MR) is 59.8 cm³/mol. The van der Waals surface area contributed by atoms with Gasteiger partial charge < -0.3 is 9.05 Å². The molecule has 0 heterocycles. The Bertz CT molecular complexity index is 192. The topological polar surface area (TPSA) is 35.5 Å². The van der Waals surface area contributed by atoms with Crippen LogP contribution in [-0.4, -0.2) is 19.4 Å². The summed E-state index contributed by atoms with van der Waals surface area (Å²) in [6.45, 7) is 6.60. The average molecular weight is 220 g/mol. The smallest absolute Gasteiger partial charge is 0.309 e. The van der Waals surface area contributed by atoms with E-state index in [0.717, 1.165) is 12.8 Å². The number of rotatable bonds is 8. The third-order valence-electron chi connectivity index (χ3n) is 1.62. The SMILES string of the molecule is CC/C=C\CCP(=O)(OCC)OCC. The molecule has 4 heteroatoms. The van der Waals surface area contributed by atoms with Crippen LogP contribution >= 0.6 is 7.60 Å². The summed E-state index contributed by atoms with van der Waals surface area (Å²) in [4.78, 5) is 0. The average Bonchev–Trinajstić information content (AvgIpc) is 2.13. The minimum atomic E-state index is -2.81. The summed E-state index contributed by atoms with van der Waals surface area (Å²) < 4.78 is 22.2. The van der Waals surface area contributed by atoms with Gasteiger partial charge in [0, 0.05) is 0 Å². The largest absolute Gasteiger partial charge is 0.330 e. The molecule has 0 aromatic heterocycles. The van der Waals surface area contributed by atoms with E-state index in [9.17, 15) is 4.57 Å². The van der Waals surface area contributed by atoms with Crippen LogP contribution in [0.4, 0.5) is 0 Å². The Morgan fingerprint density at radius 3 is 2.07 bits per heavy atom. The van der Waals surface area contributed by atoms with E-state index in [1.54, 1.807) is 0 Å². The third-order valence-corrected chi connectivity index (χ3v) is 3.73. The summed E-state index contributed by atoms with van der Waals surface area (Å²) in [5.74, 6) is 0. The molecule has 0 bridgehead atoms. The van der Waals surface area contributed by atoms with Crippen molar-refractivity contribution in [3.8, 4) is 0 Å². The first-order valence-electron chi connectivity index (χ1n) is 5.21. The Balaban J connectivity index is 3.95. The zero-order chi connectivity index (χ0) is 10.9. The first kappa shape index (κ1) is 13.9. The van der Waals surface area contributed by atoms with Crippen molar-refractivity contribution in [2.75, 3.05) is 19.4 Å². The first-order valence-corrected chi connectivity index (χ1v) is 6.94.